The largest absolute Gasteiger partial charge is 0.339 e. The number of carbonyl (C=O) groups excluding carboxylic acids is 1. The maximum absolute atomic E-state index is 13.1. The predicted octanol–water partition coefficient (Wildman–Crippen LogP) is 3.59. The number of hydrogen-bond acceptors (Lipinski definition) is 4. The molecule has 0 spiro atoms. The monoisotopic (exact) mass is 414 g/mol. The molecule has 2 N–H and O–H groups in total. The first-order valence-electron chi connectivity index (χ1n) is 9.79. The molecule has 2 amide bonds. The van der Waals surface area contributed by atoms with Gasteiger partial charge in [0.15, 0.2) is 0 Å². The molecule has 4 aromatic rings. The highest BCUT2D eigenvalue weighted by Gasteiger charge is 2.15. The number of nitrogens with zero attached hydrogens (tertiary/aromatic N) is 4. The van der Waals surface area contributed by atoms with Crippen LogP contribution >= 0.6 is 0 Å². The molecule has 2 aromatic heterocycles. The fraction of sp³-hybridized carbons (Fsp3) is 0.130. The summed E-state index contributed by atoms with van der Waals surface area (Å²) in [6.45, 7) is 5.59. The van der Waals surface area contributed by atoms with E-state index in [0.29, 0.717) is 22.4 Å². The topological polar surface area (TPSA) is 93.3 Å². The minimum atomic E-state index is -0.443. The first-order chi connectivity index (χ1) is 15.0. The number of para-hydroxylation sites is 2. The van der Waals surface area contributed by atoms with Gasteiger partial charge in [0.05, 0.1) is 17.1 Å². The molecule has 2 heterocycles. The number of amides is 2. The summed E-state index contributed by atoms with van der Waals surface area (Å²) < 4.78 is 3.36. The maximum Gasteiger partial charge on any atom is 0.339 e. The Labute approximate surface area is 178 Å². The van der Waals surface area contributed by atoms with Crippen LogP contribution in [-0.2, 0) is 0 Å². The highest BCUT2D eigenvalue weighted by molar-refractivity contribution is 5.90. The summed E-state index contributed by atoms with van der Waals surface area (Å²) >= 11 is 0. The van der Waals surface area contributed by atoms with Gasteiger partial charge in [-0.05, 0) is 51.1 Å². The van der Waals surface area contributed by atoms with E-state index in [0.717, 1.165) is 17.0 Å². The van der Waals surface area contributed by atoms with Crippen LogP contribution in [0.3, 0.4) is 0 Å². The first-order valence-corrected chi connectivity index (χ1v) is 9.79. The Kier molecular flexibility index (Phi) is 5.36. The van der Waals surface area contributed by atoms with Gasteiger partial charge in [-0.25, -0.2) is 15.2 Å². The van der Waals surface area contributed by atoms with Crippen molar-refractivity contribution < 1.29 is 4.79 Å². The third kappa shape index (κ3) is 3.95. The van der Waals surface area contributed by atoms with Crippen LogP contribution in [-0.4, -0.2) is 26.6 Å². The molecule has 0 fully saturated rings. The van der Waals surface area contributed by atoms with Crippen molar-refractivity contribution in [2.45, 2.75) is 20.8 Å². The number of nitrogens with one attached hydrogen (secondary N) is 2. The molecule has 0 atom stereocenters. The van der Waals surface area contributed by atoms with Gasteiger partial charge >= 0.3 is 6.03 Å². The predicted molar refractivity (Wildman–Crippen MR) is 122 cm³/mol. The van der Waals surface area contributed by atoms with Gasteiger partial charge in [-0.1, -0.05) is 30.3 Å². The van der Waals surface area contributed by atoms with Crippen molar-refractivity contribution in [3.63, 3.8) is 0 Å². The lowest BCUT2D eigenvalue weighted by Gasteiger charge is -2.16. The minimum Gasteiger partial charge on any atom is -0.307 e. The van der Waals surface area contributed by atoms with Gasteiger partial charge in [-0.2, -0.15) is 9.78 Å². The third-order valence-electron chi connectivity index (χ3n) is 4.95. The van der Waals surface area contributed by atoms with Gasteiger partial charge in [0.25, 0.3) is 5.56 Å². The van der Waals surface area contributed by atoms with E-state index >= 15 is 0 Å². The van der Waals surface area contributed by atoms with Crippen LogP contribution < -0.4 is 16.3 Å². The number of aryl methyl sites for hydroxylation is 2. The number of benzene rings is 2. The zero-order valence-electron chi connectivity index (χ0n) is 17.5. The molecule has 0 bridgehead atoms. The Morgan fingerprint density at radius 2 is 1.71 bits per heavy atom. The number of aromatic nitrogens is 3. The molecule has 0 radical (unpaired) electrons. The van der Waals surface area contributed by atoms with Crippen molar-refractivity contribution in [2.75, 3.05) is 5.32 Å². The number of anilines is 1. The summed E-state index contributed by atoms with van der Waals surface area (Å²) in [5.41, 5.74) is 6.06. The molecule has 0 aliphatic carbocycles. The van der Waals surface area contributed by atoms with E-state index in [1.165, 1.54) is 0 Å². The molecule has 0 aliphatic heterocycles. The van der Waals surface area contributed by atoms with Crippen LogP contribution in [0.1, 0.15) is 22.8 Å². The zero-order valence-corrected chi connectivity index (χ0v) is 17.5. The number of carbonyl (C=O) groups is 1. The second kappa shape index (κ2) is 8.27. The lowest BCUT2D eigenvalue weighted by Crippen LogP contribution is -2.30. The van der Waals surface area contributed by atoms with E-state index in [4.69, 9.17) is 0 Å². The summed E-state index contributed by atoms with van der Waals surface area (Å²) in [5.74, 6) is 0.578. The van der Waals surface area contributed by atoms with Gasteiger partial charge in [-0.3, -0.25) is 9.47 Å². The zero-order chi connectivity index (χ0) is 22.0. The number of hydrogen-bond donors (Lipinski definition) is 2. The molecular formula is C23H22N6O2. The number of fused-ring (bicyclic) bond motifs is 1. The van der Waals surface area contributed by atoms with Gasteiger partial charge < -0.3 is 5.32 Å². The molecule has 2 aromatic carbocycles. The highest BCUT2D eigenvalue weighted by atomic mass is 16.2. The van der Waals surface area contributed by atoms with Crippen molar-refractivity contribution in [3.05, 3.63) is 93.8 Å². The Bertz CT molecular complexity index is 1350. The van der Waals surface area contributed by atoms with Crippen LogP contribution in [0.5, 0.6) is 0 Å². The van der Waals surface area contributed by atoms with E-state index in [1.54, 1.807) is 36.0 Å². The number of rotatable bonds is 4. The minimum absolute atomic E-state index is 0.145. The smallest absolute Gasteiger partial charge is 0.307 e. The van der Waals surface area contributed by atoms with E-state index in [-0.39, 0.29) is 5.56 Å². The molecule has 8 nitrogen and oxygen atoms in total. The van der Waals surface area contributed by atoms with Crippen molar-refractivity contribution >= 4 is 28.8 Å². The molecule has 4 rings (SSSR count). The van der Waals surface area contributed by atoms with Crippen molar-refractivity contribution in [1.29, 1.82) is 0 Å². The quantitative estimate of drug-likeness (QED) is 0.395. The van der Waals surface area contributed by atoms with Gasteiger partial charge in [0, 0.05) is 22.6 Å². The van der Waals surface area contributed by atoms with Crippen LogP contribution in [0.15, 0.2) is 70.6 Å². The number of hydrazone groups is 1. The van der Waals surface area contributed by atoms with Crippen molar-refractivity contribution in [2.24, 2.45) is 5.10 Å². The van der Waals surface area contributed by atoms with Crippen LogP contribution in [0, 0.1) is 20.8 Å². The lowest BCUT2D eigenvalue weighted by molar-refractivity contribution is 0.252. The summed E-state index contributed by atoms with van der Waals surface area (Å²) in [5, 5.41) is 7.28. The standard InChI is InChI=1S/C23H22N6O2/c1-15-13-18(14-24-27-23(31)26-19-9-5-4-6-10-19)16(2)28(15)29-17(3)25-21-12-8-7-11-20(21)22(29)30/h4-14H,1-3H3,(H2,26,27,31). The Balaban J connectivity index is 1.61. The van der Waals surface area contributed by atoms with Gasteiger partial charge in [-0.15, -0.1) is 0 Å². The highest BCUT2D eigenvalue weighted by Crippen LogP contribution is 2.15. The second-order valence-electron chi connectivity index (χ2n) is 7.12. The van der Waals surface area contributed by atoms with Crippen LogP contribution in [0.2, 0.25) is 0 Å². The lowest BCUT2D eigenvalue weighted by atomic mass is 10.2. The van der Waals surface area contributed by atoms with Crippen molar-refractivity contribution in [3.8, 4) is 0 Å². The molecule has 156 valence electrons. The van der Waals surface area contributed by atoms with E-state index < -0.39 is 6.03 Å². The van der Waals surface area contributed by atoms with E-state index in [9.17, 15) is 9.59 Å². The summed E-state index contributed by atoms with van der Waals surface area (Å²) in [6.07, 6.45) is 1.55. The van der Waals surface area contributed by atoms with Gasteiger partial charge in [0.2, 0.25) is 0 Å². The summed E-state index contributed by atoms with van der Waals surface area (Å²) in [7, 11) is 0. The van der Waals surface area contributed by atoms with Crippen molar-refractivity contribution in [1.82, 2.24) is 19.8 Å². The van der Waals surface area contributed by atoms with E-state index in [2.05, 4.69) is 20.8 Å². The molecule has 0 saturated heterocycles. The summed E-state index contributed by atoms with van der Waals surface area (Å²) in [4.78, 5) is 29.7. The molecular weight excluding hydrogens is 392 g/mol. The summed E-state index contributed by atoms with van der Waals surface area (Å²) in [6, 6.07) is 17.8. The molecule has 0 saturated carbocycles. The average Bonchev–Trinajstić information content (AvgIpc) is 3.02. The molecule has 0 aliphatic rings. The van der Waals surface area contributed by atoms with Crippen LogP contribution in [0.25, 0.3) is 10.9 Å². The first kappa shape index (κ1) is 20.1. The second-order valence-corrected chi connectivity index (χ2v) is 7.12. The Morgan fingerprint density at radius 1 is 1.00 bits per heavy atom. The van der Waals surface area contributed by atoms with E-state index in [1.807, 2.05) is 61.0 Å². The maximum atomic E-state index is 13.1. The molecule has 0 unspecified atom stereocenters. The third-order valence-corrected chi connectivity index (χ3v) is 4.95. The Morgan fingerprint density at radius 3 is 2.48 bits per heavy atom. The SMILES string of the molecule is Cc1cc(C=NNC(=O)Nc2ccccc2)c(C)n1-n1c(C)nc2ccccc2c1=O. The fourth-order valence-electron chi connectivity index (χ4n) is 3.53. The normalized spacial score (nSPS) is 11.2. The molecule has 8 heteroatoms. The average molecular weight is 414 g/mol. The Hall–Kier alpha value is -4.20. The van der Waals surface area contributed by atoms with Crippen LogP contribution in [0.4, 0.5) is 10.5 Å². The molecule has 31 heavy (non-hydrogen) atoms. The fourth-order valence-corrected chi connectivity index (χ4v) is 3.53. The van der Waals surface area contributed by atoms with Gasteiger partial charge in [0.1, 0.15) is 5.82 Å². The number of urea groups is 1.